The average Bonchev–Trinajstić information content (AvgIpc) is 2.74. The van der Waals surface area contributed by atoms with Gasteiger partial charge in [-0.2, -0.15) is 0 Å². The van der Waals surface area contributed by atoms with E-state index < -0.39 is 10.2 Å². The van der Waals surface area contributed by atoms with Crippen LogP contribution in [0.5, 0.6) is 23.5 Å². The Morgan fingerprint density at radius 1 is 0.750 bits per heavy atom. The van der Waals surface area contributed by atoms with Gasteiger partial charge in [-0.15, -0.1) is 25.2 Å². The van der Waals surface area contributed by atoms with Gasteiger partial charge in [0.15, 0.2) is 0 Å². The first-order valence-corrected chi connectivity index (χ1v) is 10.7. The van der Waals surface area contributed by atoms with E-state index >= 15 is 0 Å². The largest absolute Gasteiger partial charge is 0.424 e. The molecule has 12 heteroatoms. The van der Waals surface area contributed by atoms with Gasteiger partial charge in [-0.3, -0.25) is 4.48 Å². The molecule has 11 nitrogen and oxygen atoms in total. The van der Waals surface area contributed by atoms with Crippen LogP contribution in [0.25, 0.3) is 0 Å². The Morgan fingerprint density at radius 3 is 1.56 bits per heavy atom. The highest BCUT2D eigenvalue weighted by molar-refractivity contribution is 5.32. The van der Waals surface area contributed by atoms with Gasteiger partial charge in [-0.05, 0) is 24.3 Å². The van der Waals surface area contributed by atoms with Gasteiger partial charge in [0.1, 0.15) is 24.6 Å². The molecule has 3 aromatic rings. The summed E-state index contributed by atoms with van der Waals surface area (Å²) in [5, 5.41) is 0. The van der Waals surface area contributed by atoms with Crippen LogP contribution < -0.4 is 32.6 Å². The van der Waals surface area contributed by atoms with Gasteiger partial charge >= 0.3 is 18.0 Å². The van der Waals surface area contributed by atoms with Crippen LogP contribution in [0.15, 0.2) is 60.7 Å². The molecule has 0 spiro atoms. The van der Waals surface area contributed by atoms with Crippen molar-refractivity contribution < 1.29 is 43.1 Å². The quantitative estimate of drug-likeness (QED) is 0.414. The third-order valence-electron chi connectivity index (χ3n) is 4.43. The number of halogens is 1. The fourth-order valence-corrected chi connectivity index (χ4v) is 2.79. The number of likely N-dealkylation sites (N-methyl/N-ethyl adjacent to an activating group) is 1. The summed E-state index contributed by atoms with van der Waals surface area (Å²) in [5.41, 5.74) is 0. The fourth-order valence-electron chi connectivity index (χ4n) is 2.79. The first kappa shape index (κ1) is 23.8. The van der Waals surface area contributed by atoms with Crippen LogP contribution in [0, 0.1) is 10.2 Å². The number of benzene rings is 2. The van der Waals surface area contributed by atoms with E-state index in [0.29, 0.717) is 35.1 Å². The van der Waals surface area contributed by atoms with Crippen molar-refractivity contribution in [2.24, 2.45) is 0 Å². The highest BCUT2D eigenvalue weighted by atomic mass is 35.7. The van der Waals surface area contributed by atoms with Crippen LogP contribution >= 0.6 is 0 Å². The molecule has 0 N–H and O–H groups in total. The predicted molar refractivity (Wildman–Crippen MR) is 101 cm³/mol. The molecule has 1 aliphatic heterocycles. The highest BCUT2D eigenvalue weighted by Gasteiger charge is 2.33. The lowest BCUT2D eigenvalue weighted by Crippen LogP contribution is -2.68. The van der Waals surface area contributed by atoms with E-state index in [1.165, 1.54) is 0 Å². The lowest BCUT2D eigenvalue weighted by atomic mass is 10.3. The lowest BCUT2D eigenvalue weighted by molar-refractivity contribution is -2.00. The topological polar surface area (TPSA) is 159 Å². The van der Waals surface area contributed by atoms with Crippen LogP contribution in [-0.4, -0.2) is 48.3 Å². The summed E-state index contributed by atoms with van der Waals surface area (Å²) in [6, 6.07) is 19.3. The zero-order valence-electron chi connectivity index (χ0n) is 17.1. The van der Waals surface area contributed by atoms with Gasteiger partial charge in [0.25, 0.3) is 0 Å². The van der Waals surface area contributed by atoms with Gasteiger partial charge < -0.3 is 14.2 Å². The molecule has 1 aliphatic rings. The molecule has 1 saturated heterocycles. The molecule has 1 fully saturated rings. The van der Waals surface area contributed by atoms with Crippen LogP contribution in [0.1, 0.15) is 0 Å². The van der Waals surface area contributed by atoms with Crippen LogP contribution in [0.2, 0.25) is 0 Å². The zero-order valence-corrected chi connectivity index (χ0v) is 17.9. The van der Waals surface area contributed by atoms with Crippen molar-refractivity contribution >= 4 is 5.95 Å². The number of quaternary nitrogens is 1. The van der Waals surface area contributed by atoms with Crippen LogP contribution in [-0.2, 0) is 4.74 Å². The number of hydrogen-bond acceptors (Lipinski definition) is 10. The number of aromatic nitrogens is 3. The van der Waals surface area contributed by atoms with Gasteiger partial charge in [0.2, 0.25) is 0 Å². The molecule has 2 aromatic carbocycles. The second kappa shape index (κ2) is 10.6. The second-order valence-electron chi connectivity index (χ2n) is 6.86. The predicted octanol–water partition coefficient (Wildman–Crippen LogP) is -1.33. The third-order valence-corrected chi connectivity index (χ3v) is 4.43. The summed E-state index contributed by atoms with van der Waals surface area (Å²) in [4.78, 5) is 13.5. The van der Waals surface area contributed by atoms with E-state index in [4.69, 9.17) is 32.8 Å². The second-order valence-corrected chi connectivity index (χ2v) is 7.62. The maximum Gasteiger partial charge on any atom is 0.338 e. The number of para-hydroxylation sites is 2. The van der Waals surface area contributed by atoms with Crippen LogP contribution in [0.3, 0.4) is 0 Å². The van der Waals surface area contributed by atoms with Crippen molar-refractivity contribution in [1.29, 1.82) is 0 Å². The molecule has 0 unspecified atom stereocenters. The average molecular weight is 465 g/mol. The van der Waals surface area contributed by atoms with E-state index in [-0.39, 0.29) is 12.0 Å². The lowest BCUT2D eigenvalue weighted by Gasteiger charge is -2.34. The first-order chi connectivity index (χ1) is 15.2. The van der Waals surface area contributed by atoms with Crippen molar-refractivity contribution in [2.75, 3.05) is 33.4 Å². The standard InChI is InChI=1S/C20H21N4O3.ClHO4/c1-24(12-14-25-15-13-24)18-21-19(26-16-8-4-2-5-9-16)23-20(22-18)27-17-10-6-3-7-11-17;2-1(3,4)5/h2-11H,12-15H2,1H3;(H,2,3,4,5)/q+1;/p-1. The summed E-state index contributed by atoms with van der Waals surface area (Å²) in [5.74, 6) is 1.92. The van der Waals surface area contributed by atoms with Crippen molar-refractivity contribution in [3.8, 4) is 23.5 Å². The maximum atomic E-state index is 8.49. The van der Waals surface area contributed by atoms with Gasteiger partial charge in [0, 0.05) is 0 Å². The van der Waals surface area contributed by atoms with Crippen molar-refractivity contribution in [3.05, 3.63) is 60.7 Å². The summed E-state index contributed by atoms with van der Waals surface area (Å²) in [6.07, 6.45) is 0. The van der Waals surface area contributed by atoms with Crippen molar-refractivity contribution in [1.82, 2.24) is 19.4 Å². The number of nitrogens with zero attached hydrogens (tertiary/aromatic N) is 4. The fraction of sp³-hybridized carbons (Fsp3) is 0.250. The van der Waals surface area contributed by atoms with E-state index in [1.807, 2.05) is 60.7 Å². The Balaban J connectivity index is 0.000000523. The summed E-state index contributed by atoms with van der Waals surface area (Å²) >= 11 is 0. The van der Waals surface area contributed by atoms with Gasteiger partial charge in [0.05, 0.1) is 20.3 Å². The molecule has 0 atom stereocenters. The molecule has 0 aliphatic carbocycles. The Hall–Kier alpha value is -2.90. The normalized spacial score (nSPS) is 15.3. The molecule has 4 rings (SSSR count). The maximum absolute atomic E-state index is 8.49. The minimum absolute atomic E-state index is 0.211. The van der Waals surface area contributed by atoms with Crippen molar-refractivity contribution in [2.45, 2.75) is 0 Å². The molecule has 32 heavy (non-hydrogen) atoms. The zero-order chi connectivity index (χ0) is 23.0. The molecule has 0 bridgehead atoms. The number of hydrogen-bond donors (Lipinski definition) is 0. The number of rotatable bonds is 5. The SMILES string of the molecule is C[N+]1(c2nc(Oc3ccccc3)nc(Oc3ccccc3)n2)CCOCC1.[O-][Cl+3]([O-])([O-])[O-]. The summed E-state index contributed by atoms with van der Waals surface area (Å²) in [6.45, 7) is 2.87. The van der Waals surface area contributed by atoms with E-state index in [0.717, 1.165) is 13.1 Å². The van der Waals surface area contributed by atoms with Crippen LogP contribution in [0.4, 0.5) is 5.95 Å². The molecule has 170 valence electrons. The molecule has 0 amide bonds. The molecular weight excluding hydrogens is 444 g/mol. The number of morpholine rings is 1. The molecular formula is C20H21ClN4O7. The summed E-state index contributed by atoms with van der Waals surface area (Å²) < 4.78 is 51.7. The molecule has 0 saturated carbocycles. The highest BCUT2D eigenvalue weighted by Crippen LogP contribution is 2.27. The minimum Gasteiger partial charge on any atom is -0.424 e. The van der Waals surface area contributed by atoms with Gasteiger partial charge in [-0.1, -0.05) is 36.4 Å². The van der Waals surface area contributed by atoms with E-state index in [9.17, 15) is 0 Å². The Bertz CT molecular complexity index is 918. The van der Waals surface area contributed by atoms with Gasteiger partial charge in [-0.25, -0.2) is 18.6 Å². The first-order valence-electron chi connectivity index (χ1n) is 9.48. The monoisotopic (exact) mass is 464 g/mol. The number of ether oxygens (including phenoxy) is 3. The molecule has 2 heterocycles. The Labute approximate surface area is 186 Å². The smallest absolute Gasteiger partial charge is 0.338 e. The third kappa shape index (κ3) is 7.66. The van der Waals surface area contributed by atoms with E-state index in [2.05, 4.69) is 22.0 Å². The van der Waals surface area contributed by atoms with Crippen molar-refractivity contribution in [3.63, 3.8) is 0 Å². The Kier molecular flexibility index (Phi) is 7.88. The summed E-state index contributed by atoms with van der Waals surface area (Å²) in [7, 11) is -2.86. The Morgan fingerprint density at radius 2 is 1.16 bits per heavy atom. The van der Waals surface area contributed by atoms with E-state index in [1.54, 1.807) is 0 Å². The minimum atomic E-state index is -4.94. The molecule has 1 aromatic heterocycles. The molecule has 0 radical (unpaired) electrons.